The van der Waals surface area contributed by atoms with E-state index in [2.05, 4.69) is 27.7 Å². The topological polar surface area (TPSA) is 46.2 Å². The summed E-state index contributed by atoms with van der Waals surface area (Å²) in [6.07, 6.45) is 13.6. The normalized spacial score (nSPS) is 11.8. The van der Waals surface area contributed by atoms with Crippen LogP contribution in [0.15, 0.2) is 0 Å². The monoisotopic (exact) mass is 420 g/mol. The first kappa shape index (κ1) is 27.2. The highest BCUT2D eigenvalue weighted by Crippen LogP contribution is 2.07. The van der Waals surface area contributed by atoms with Gasteiger partial charge in [0.05, 0.1) is 0 Å². The Morgan fingerprint density at radius 3 is 0.889 bits per heavy atom. The Morgan fingerprint density at radius 1 is 0.407 bits per heavy atom. The maximum Gasteiger partial charge on any atom is 0.569 e. The van der Waals surface area contributed by atoms with E-state index in [1.54, 1.807) is 0 Å². The fourth-order valence-corrected chi connectivity index (χ4v) is 5.20. The second-order valence-electron chi connectivity index (χ2n) is 6.82. The van der Waals surface area contributed by atoms with Crippen molar-refractivity contribution in [3.05, 3.63) is 0 Å². The average Bonchev–Trinajstić information content (AvgIpc) is 2.68. The molecule has 162 valence electrons. The lowest BCUT2D eigenvalue weighted by Crippen LogP contribution is -2.39. The van der Waals surface area contributed by atoms with Crippen LogP contribution in [0.25, 0.3) is 0 Å². The van der Waals surface area contributed by atoms with Crippen LogP contribution in [0.3, 0.4) is 0 Å². The van der Waals surface area contributed by atoms with E-state index in [1.807, 2.05) is 0 Å². The number of unbranched alkanes of at least 4 members (excludes halogenated alkanes) is 8. The summed E-state index contributed by atoms with van der Waals surface area (Å²) in [6, 6.07) is 0. The molecule has 0 amide bonds. The first-order valence-electron chi connectivity index (χ1n) is 11.2. The maximum absolute atomic E-state index is 6.09. The Bertz CT molecular complexity index is 235. The average molecular weight is 421 g/mol. The largest absolute Gasteiger partial charge is 0.569 e. The van der Waals surface area contributed by atoms with Crippen molar-refractivity contribution in [3.8, 4) is 0 Å². The summed E-state index contributed by atoms with van der Waals surface area (Å²) in [5.41, 5.74) is 0. The van der Waals surface area contributed by atoms with Crippen molar-refractivity contribution >= 4 is 19.1 Å². The van der Waals surface area contributed by atoms with Gasteiger partial charge in [-0.25, -0.2) is 0 Å². The van der Waals surface area contributed by atoms with Crippen molar-refractivity contribution in [2.75, 3.05) is 26.4 Å². The smallest absolute Gasteiger partial charge is 0.372 e. The van der Waals surface area contributed by atoms with Crippen molar-refractivity contribution in [2.24, 2.45) is 0 Å². The molecular weight excluding hydrogens is 376 g/mol. The van der Waals surface area contributed by atoms with Gasteiger partial charge in [0.25, 0.3) is 0 Å². The molecule has 0 saturated carbocycles. The standard InChI is InChI=1S/C20H44O5Si2/c1-5-9-13-17-21-26(22-18-14-10-6-2)25-27(23-19-15-11-7-3)24-20-16-12-8-4/h5-20H2,1-4H3. The van der Waals surface area contributed by atoms with Gasteiger partial charge in [0.15, 0.2) is 0 Å². The molecule has 0 fully saturated rings. The highest BCUT2D eigenvalue weighted by molar-refractivity contribution is 6.51. The minimum absolute atomic E-state index is 0.691. The lowest BCUT2D eigenvalue weighted by Gasteiger charge is -2.20. The second kappa shape index (κ2) is 22.5. The fourth-order valence-electron chi connectivity index (χ4n) is 2.30. The zero-order valence-corrected chi connectivity index (χ0v) is 20.4. The van der Waals surface area contributed by atoms with E-state index in [0.29, 0.717) is 26.4 Å². The summed E-state index contributed by atoms with van der Waals surface area (Å²) in [4.78, 5) is 0. The van der Waals surface area contributed by atoms with Gasteiger partial charge in [-0.2, -0.15) is 0 Å². The quantitative estimate of drug-likeness (QED) is 0.164. The van der Waals surface area contributed by atoms with E-state index in [0.717, 1.165) is 25.7 Å². The molecule has 0 aromatic carbocycles. The zero-order valence-electron chi connectivity index (χ0n) is 18.4. The van der Waals surface area contributed by atoms with Crippen molar-refractivity contribution in [2.45, 2.75) is 105 Å². The summed E-state index contributed by atoms with van der Waals surface area (Å²) in [6.45, 7) is 11.5. The zero-order chi connectivity index (χ0) is 20.0. The fraction of sp³-hybridized carbons (Fsp3) is 1.00. The van der Waals surface area contributed by atoms with E-state index < -0.39 is 19.1 Å². The Hall–Kier alpha value is 0.234. The molecule has 0 rings (SSSR count). The predicted molar refractivity (Wildman–Crippen MR) is 115 cm³/mol. The van der Waals surface area contributed by atoms with Gasteiger partial charge in [0.2, 0.25) is 0 Å². The van der Waals surface area contributed by atoms with Crippen molar-refractivity contribution < 1.29 is 21.8 Å². The van der Waals surface area contributed by atoms with E-state index >= 15 is 0 Å². The van der Waals surface area contributed by atoms with Crippen LogP contribution in [0.2, 0.25) is 0 Å². The highest BCUT2D eigenvalue weighted by Gasteiger charge is 2.30. The minimum atomic E-state index is -1.79. The number of rotatable bonds is 22. The third-order valence-electron chi connectivity index (χ3n) is 4.04. The molecule has 2 radical (unpaired) electrons. The lowest BCUT2D eigenvalue weighted by molar-refractivity contribution is 0.0797. The minimum Gasteiger partial charge on any atom is -0.372 e. The van der Waals surface area contributed by atoms with Crippen LogP contribution in [-0.2, 0) is 21.8 Å². The Morgan fingerprint density at radius 2 is 0.667 bits per heavy atom. The molecule has 0 aliphatic rings. The summed E-state index contributed by atoms with van der Waals surface area (Å²) < 4.78 is 29.8. The third kappa shape index (κ3) is 19.3. The molecule has 0 spiro atoms. The van der Waals surface area contributed by atoms with E-state index in [4.69, 9.17) is 21.8 Å². The van der Waals surface area contributed by atoms with Crippen LogP contribution in [-0.4, -0.2) is 45.5 Å². The molecule has 0 aromatic heterocycles. The molecule has 27 heavy (non-hydrogen) atoms. The van der Waals surface area contributed by atoms with Crippen LogP contribution in [0.1, 0.15) is 105 Å². The van der Waals surface area contributed by atoms with Crippen LogP contribution in [0.5, 0.6) is 0 Å². The summed E-state index contributed by atoms with van der Waals surface area (Å²) >= 11 is 0. The lowest BCUT2D eigenvalue weighted by atomic mass is 10.3. The molecule has 5 nitrogen and oxygen atoms in total. The molecule has 0 atom stereocenters. The highest BCUT2D eigenvalue weighted by atomic mass is 28.4. The van der Waals surface area contributed by atoms with Gasteiger partial charge in [0.1, 0.15) is 0 Å². The van der Waals surface area contributed by atoms with Crippen LogP contribution in [0.4, 0.5) is 0 Å². The summed E-state index contributed by atoms with van der Waals surface area (Å²) in [5, 5.41) is 0. The Kier molecular flexibility index (Phi) is 22.7. The molecule has 0 N–H and O–H groups in total. The number of hydrogen-bond acceptors (Lipinski definition) is 5. The van der Waals surface area contributed by atoms with Crippen molar-refractivity contribution in [1.82, 2.24) is 0 Å². The van der Waals surface area contributed by atoms with Crippen molar-refractivity contribution in [3.63, 3.8) is 0 Å². The Labute approximate surface area is 172 Å². The molecule has 7 heteroatoms. The van der Waals surface area contributed by atoms with E-state index in [9.17, 15) is 0 Å². The molecule has 0 unspecified atom stereocenters. The van der Waals surface area contributed by atoms with E-state index in [1.165, 1.54) is 51.4 Å². The van der Waals surface area contributed by atoms with Gasteiger partial charge in [-0.1, -0.05) is 79.1 Å². The summed E-state index contributed by atoms with van der Waals surface area (Å²) in [5.74, 6) is 0. The van der Waals surface area contributed by atoms with Gasteiger partial charge in [-0.15, -0.1) is 0 Å². The number of hydrogen-bond donors (Lipinski definition) is 0. The van der Waals surface area contributed by atoms with Gasteiger partial charge in [-0.05, 0) is 25.7 Å². The molecule has 0 saturated heterocycles. The molecule has 0 bridgehead atoms. The molecule has 0 heterocycles. The third-order valence-corrected chi connectivity index (χ3v) is 7.13. The summed E-state index contributed by atoms with van der Waals surface area (Å²) in [7, 11) is -3.59. The van der Waals surface area contributed by atoms with Gasteiger partial charge < -0.3 is 21.8 Å². The van der Waals surface area contributed by atoms with E-state index in [-0.39, 0.29) is 0 Å². The molecular formula is C20H44O5Si2. The predicted octanol–water partition coefficient (Wildman–Crippen LogP) is 5.80. The first-order valence-corrected chi connectivity index (χ1v) is 13.7. The van der Waals surface area contributed by atoms with Gasteiger partial charge in [-0.3, -0.25) is 0 Å². The first-order chi connectivity index (χ1) is 13.3. The second-order valence-corrected chi connectivity index (χ2v) is 9.80. The SMILES string of the molecule is CCCCCO[Si](OCCCCC)O[Si](OCCCCC)OCCCCC. The van der Waals surface area contributed by atoms with Gasteiger partial charge in [0, 0.05) is 26.4 Å². The van der Waals surface area contributed by atoms with Crippen molar-refractivity contribution in [1.29, 1.82) is 0 Å². The molecule has 0 aliphatic carbocycles. The van der Waals surface area contributed by atoms with Crippen LogP contribution in [0, 0.1) is 0 Å². The molecule has 0 aliphatic heterocycles. The Balaban J connectivity index is 4.42. The van der Waals surface area contributed by atoms with Gasteiger partial charge >= 0.3 is 19.1 Å². The van der Waals surface area contributed by atoms with Crippen LogP contribution < -0.4 is 0 Å². The molecule has 0 aromatic rings. The maximum atomic E-state index is 6.09. The van der Waals surface area contributed by atoms with Crippen LogP contribution >= 0.6 is 0 Å².